The molecule has 0 radical (unpaired) electrons. The molecule has 2 rings (SSSR count). The minimum atomic E-state index is -0.366. The monoisotopic (exact) mass is 344 g/mol. The summed E-state index contributed by atoms with van der Waals surface area (Å²) in [6.45, 7) is 9.33. The van der Waals surface area contributed by atoms with E-state index in [4.69, 9.17) is 9.47 Å². The van der Waals surface area contributed by atoms with Crippen LogP contribution >= 0.6 is 0 Å². The molecule has 0 fully saturated rings. The Labute approximate surface area is 149 Å². The highest BCUT2D eigenvalue weighted by Crippen LogP contribution is 2.20. The minimum absolute atomic E-state index is 0.00941. The van der Waals surface area contributed by atoms with Crippen molar-refractivity contribution in [2.45, 2.75) is 40.5 Å². The minimum Gasteiger partial charge on any atom is -0.353 e. The molecule has 0 aliphatic carbocycles. The maximum absolute atomic E-state index is 12.6. The van der Waals surface area contributed by atoms with E-state index in [9.17, 15) is 4.79 Å². The summed E-state index contributed by atoms with van der Waals surface area (Å²) in [7, 11) is 0. The maximum Gasteiger partial charge on any atom is 0.223 e. The van der Waals surface area contributed by atoms with Crippen molar-refractivity contribution in [2.75, 3.05) is 13.2 Å². The van der Waals surface area contributed by atoms with Gasteiger partial charge in [-0.3, -0.25) is 9.78 Å². The number of aromatic nitrogens is 1. The zero-order valence-corrected chi connectivity index (χ0v) is 15.5. The first-order chi connectivity index (χ1) is 12.1. The first-order valence-corrected chi connectivity index (χ1v) is 8.92. The van der Waals surface area contributed by atoms with E-state index in [0.717, 1.165) is 16.5 Å². The topological polar surface area (TPSA) is 60.5 Å². The van der Waals surface area contributed by atoms with Crippen LogP contribution in [0.3, 0.4) is 0 Å². The molecular weight excluding hydrogens is 316 g/mol. The lowest BCUT2D eigenvalue weighted by atomic mass is 9.94. The number of nitrogens with zero attached hydrogens (tertiary/aromatic N) is 1. The van der Waals surface area contributed by atoms with Crippen LogP contribution in [0.5, 0.6) is 0 Å². The van der Waals surface area contributed by atoms with Gasteiger partial charge in [0.1, 0.15) is 0 Å². The molecule has 5 heteroatoms. The van der Waals surface area contributed by atoms with Gasteiger partial charge in [0, 0.05) is 43.2 Å². The lowest BCUT2D eigenvalue weighted by molar-refractivity contribution is -0.175. The fourth-order valence-corrected chi connectivity index (χ4v) is 2.81. The van der Waals surface area contributed by atoms with Gasteiger partial charge in [-0.05, 0) is 25.5 Å². The Morgan fingerprint density at radius 1 is 1.12 bits per heavy atom. The number of pyridine rings is 1. The molecule has 0 aliphatic heterocycles. The largest absolute Gasteiger partial charge is 0.353 e. The highest BCUT2D eigenvalue weighted by atomic mass is 16.7. The third-order valence-electron chi connectivity index (χ3n) is 4.46. The van der Waals surface area contributed by atoms with Crippen molar-refractivity contribution in [3.05, 3.63) is 42.1 Å². The summed E-state index contributed by atoms with van der Waals surface area (Å²) in [6, 6.07) is 9.93. The lowest BCUT2D eigenvalue weighted by Gasteiger charge is -2.27. The molecule has 1 aromatic carbocycles. The Morgan fingerprint density at radius 3 is 2.48 bits per heavy atom. The number of carbonyl (C=O) groups excluding carboxylic acids is 1. The molecule has 1 amide bonds. The first-order valence-electron chi connectivity index (χ1n) is 8.92. The van der Waals surface area contributed by atoms with Crippen LogP contribution in [0.4, 0.5) is 0 Å². The Bertz CT molecular complexity index is 678. The van der Waals surface area contributed by atoms with Crippen molar-refractivity contribution in [2.24, 2.45) is 11.8 Å². The summed E-state index contributed by atoms with van der Waals surface area (Å²) < 4.78 is 11.2. The number of para-hydroxylation sites is 1. The normalized spacial score (nSPS) is 13.8. The van der Waals surface area contributed by atoms with Crippen molar-refractivity contribution in [1.82, 2.24) is 10.3 Å². The predicted octanol–water partition coefficient (Wildman–Crippen LogP) is 3.52. The SMILES string of the molecule is CCOC(OCC)[C@@H](C)C(C)C(=O)NCc1cccc2cccnc12. The standard InChI is InChI=1S/C20H28N2O3/c1-5-24-20(25-6-2)15(4)14(3)19(23)22-13-17-10-7-9-16-11-8-12-21-18(16)17/h7-12,14-15,20H,5-6,13H2,1-4H3,(H,22,23)/t14?,15-/m0/s1. The van der Waals surface area contributed by atoms with Gasteiger partial charge in [0.25, 0.3) is 0 Å². The van der Waals surface area contributed by atoms with Crippen LogP contribution in [0.2, 0.25) is 0 Å². The van der Waals surface area contributed by atoms with Gasteiger partial charge in [-0.2, -0.15) is 0 Å². The number of benzene rings is 1. The molecule has 136 valence electrons. The van der Waals surface area contributed by atoms with Crippen LogP contribution in [-0.2, 0) is 20.8 Å². The average Bonchev–Trinajstić information content (AvgIpc) is 2.64. The molecule has 25 heavy (non-hydrogen) atoms. The summed E-state index contributed by atoms with van der Waals surface area (Å²) in [5.74, 6) is -0.263. The van der Waals surface area contributed by atoms with E-state index in [0.29, 0.717) is 19.8 Å². The molecule has 2 atom stereocenters. The zero-order valence-electron chi connectivity index (χ0n) is 15.5. The van der Waals surface area contributed by atoms with Gasteiger partial charge >= 0.3 is 0 Å². The molecule has 2 aromatic rings. The second-order valence-electron chi connectivity index (χ2n) is 6.14. The Kier molecular flexibility index (Phi) is 7.34. The van der Waals surface area contributed by atoms with E-state index in [-0.39, 0.29) is 24.0 Å². The predicted molar refractivity (Wildman–Crippen MR) is 99.0 cm³/mol. The van der Waals surface area contributed by atoms with Crippen LogP contribution in [-0.4, -0.2) is 30.4 Å². The third-order valence-corrected chi connectivity index (χ3v) is 4.46. The van der Waals surface area contributed by atoms with E-state index >= 15 is 0 Å². The van der Waals surface area contributed by atoms with E-state index in [2.05, 4.69) is 10.3 Å². The zero-order chi connectivity index (χ0) is 18.2. The number of amides is 1. The van der Waals surface area contributed by atoms with Gasteiger partial charge in [0.2, 0.25) is 5.91 Å². The molecule has 1 N–H and O–H groups in total. The Balaban J connectivity index is 2.00. The average molecular weight is 344 g/mol. The summed E-state index contributed by atoms with van der Waals surface area (Å²) in [4.78, 5) is 17.0. The summed E-state index contributed by atoms with van der Waals surface area (Å²) >= 11 is 0. The van der Waals surface area contributed by atoms with Gasteiger partial charge in [-0.1, -0.05) is 38.1 Å². The Hall–Kier alpha value is -1.98. The molecule has 0 bridgehead atoms. The van der Waals surface area contributed by atoms with E-state index in [1.807, 2.05) is 58.0 Å². The van der Waals surface area contributed by atoms with Crippen molar-refractivity contribution < 1.29 is 14.3 Å². The molecule has 0 spiro atoms. The number of hydrogen-bond donors (Lipinski definition) is 1. The lowest BCUT2D eigenvalue weighted by Crippen LogP contribution is -2.38. The van der Waals surface area contributed by atoms with Gasteiger partial charge in [-0.25, -0.2) is 0 Å². The molecule has 0 saturated heterocycles. The smallest absolute Gasteiger partial charge is 0.223 e. The second kappa shape index (κ2) is 9.49. The number of rotatable bonds is 9. The molecule has 1 aromatic heterocycles. The van der Waals surface area contributed by atoms with E-state index in [1.165, 1.54) is 0 Å². The Morgan fingerprint density at radius 2 is 1.80 bits per heavy atom. The summed E-state index contributed by atoms with van der Waals surface area (Å²) in [5, 5.41) is 4.09. The number of ether oxygens (including phenoxy) is 2. The first kappa shape index (κ1) is 19.3. The van der Waals surface area contributed by atoms with E-state index in [1.54, 1.807) is 6.20 Å². The molecule has 1 unspecified atom stereocenters. The fraction of sp³-hybridized carbons (Fsp3) is 0.500. The summed E-state index contributed by atoms with van der Waals surface area (Å²) in [6.07, 6.45) is 1.41. The molecule has 5 nitrogen and oxygen atoms in total. The quantitative estimate of drug-likeness (QED) is 0.707. The van der Waals surface area contributed by atoms with Crippen LogP contribution in [0.25, 0.3) is 10.9 Å². The molecule has 0 aliphatic rings. The number of nitrogens with one attached hydrogen (secondary N) is 1. The van der Waals surface area contributed by atoms with Crippen LogP contribution in [0, 0.1) is 11.8 Å². The van der Waals surface area contributed by atoms with Crippen molar-refractivity contribution >= 4 is 16.8 Å². The second-order valence-corrected chi connectivity index (χ2v) is 6.14. The number of fused-ring (bicyclic) bond motifs is 1. The molecule has 0 saturated carbocycles. The highest BCUT2D eigenvalue weighted by molar-refractivity contribution is 5.83. The molecule has 1 heterocycles. The van der Waals surface area contributed by atoms with Crippen molar-refractivity contribution in [1.29, 1.82) is 0 Å². The van der Waals surface area contributed by atoms with Gasteiger partial charge in [0.15, 0.2) is 6.29 Å². The third kappa shape index (κ3) is 5.00. The van der Waals surface area contributed by atoms with Crippen molar-refractivity contribution in [3.63, 3.8) is 0 Å². The number of carbonyl (C=O) groups is 1. The number of hydrogen-bond acceptors (Lipinski definition) is 4. The maximum atomic E-state index is 12.6. The molecular formula is C20H28N2O3. The van der Waals surface area contributed by atoms with Gasteiger partial charge in [0.05, 0.1) is 5.52 Å². The van der Waals surface area contributed by atoms with Crippen LogP contribution < -0.4 is 5.32 Å². The van der Waals surface area contributed by atoms with Gasteiger partial charge in [-0.15, -0.1) is 0 Å². The van der Waals surface area contributed by atoms with Gasteiger partial charge < -0.3 is 14.8 Å². The van der Waals surface area contributed by atoms with Crippen LogP contribution in [0.1, 0.15) is 33.3 Å². The van der Waals surface area contributed by atoms with Crippen LogP contribution in [0.15, 0.2) is 36.5 Å². The highest BCUT2D eigenvalue weighted by Gasteiger charge is 2.28. The van der Waals surface area contributed by atoms with E-state index < -0.39 is 0 Å². The summed E-state index contributed by atoms with van der Waals surface area (Å²) in [5.41, 5.74) is 1.94. The fourth-order valence-electron chi connectivity index (χ4n) is 2.81. The van der Waals surface area contributed by atoms with Crippen molar-refractivity contribution in [3.8, 4) is 0 Å².